The Kier molecular flexibility index (Phi) is 4.76. The number of hydrogen-bond acceptors (Lipinski definition) is 5. The summed E-state index contributed by atoms with van der Waals surface area (Å²) in [6.07, 6.45) is 0. The van der Waals surface area contributed by atoms with Crippen molar-refractivity contribution in [3.8, 4) is 11.4 Å². The van der Waals surface area contributed by atoms with E-state index in [-0.39, 0.29) is 11.7 Å². The van der Waals surface area contributed by atoms with Crippen LogP contribution in [0.25, 0.3) is 11.4 Å². The summed E-state index contributed by atoms with van der Waals surface area (Å²) in [4.78, 5) is 17.3. The Labute approximate surface area is 159 Å². The van der Waals surface area contributed by atoms with Gasteiger partial charge >= 0.3 is 0 Å². The van der Waals surface area contributed by atoms with Crippen LogP contribution in [0.2, 0.25) is 0 Å². The van der Waals surface area contributed by atoms with E-state index in [0.717, 1.165) is 11.1 Å². The first-order valence-corrected chi connectivity index (χ1v) is 9.23. The summed E-state index contributed by atoms with van der Waals surface area (Å²) in [6, 6.07) is 17.4. The highest BCUT2D eigenvalue weighted by atomic mass is 32.1. The van der Waals surface area contributed by atoms with Gasteiger partial charge in [-0.3, -0.25) is 4.79 Å². The van der Waals surface area contributed by atoms with E-state index in [1.165, 1.54) is 28.2 Å². The monoisotopic (exact) mass is 378 g/mol. The fraction of sp³-hybridized carbons (Fsp3) is 0.0500. The Morgan fingerprint density at radius 1 is 1.07 bits per heavy atom. The average Bonchev–Trinajstić information content (AvgIpc) is 3.38. The van der Waals surface area contributed by atoms with Gasteiger partial charge in [0.05, 0.1) is 5.56 Å². The van der Waals surface area contributed by atoms with Crippen molar-refractivity contribution in [2.45, 2.75) is 6.54 Å². The Morgan fingerprint density at radius 3 is 2.56 bits per heavy atom. The van der Waals surface area contributed by atoms with E-state index in [1.807, 2.05) is 35.7 Å². The number of nitrogens with one attached hydrogen (secondary N) is 1. The molecule has 134 valence electrons. The van der Waals surface area contributed by atoms with Gasteiger partial charge < -0.3 is 5.32 Å². The number of anilines is 1. The maximum atomic E-state index is 13.1. The number of rotatable bonds is 5. The fourth-order valence-corrected chi connectivity index (χ4v) is 3.20. The number of carbonyl (C=O) groups is 1. The van der Waals surface area contributed by atoms with Gasteiger partial charge in [0.2, 0.25) is 5.95 Å². The molecule has 0 saturated heterocycles. The van der Waals surface area contributed by atoms with Gasteiger partial charge in [0.1, 0.15) is 5.82 Å². The fourth-order valence-electron chi connectivity index (χ4n) is 2.57. The summed E-state index contributed by atoms with van der Waals surface area (Å²) >= 11 is 1.44. The maximum absolute atomic E-state index is 13.1. The van der Waals surface area contributed by atoms with E-state index in [4.69, 9.17) is 0 Å². The molecule has 7 heteroatoms. The molecule has 27 heavy (non-hydrogen) atoms. The number of carbonyl (C=O) groups excluding carboxylic acids is 1. The first kappa shape index (κ1) is 17.1. The minimum Gasteiger partial charge on any atom is -0.350 e. The number of aromatic nitrogens is 3. The van der Waals surface area contributed by atoms with Crippen LogP contribution in [0.1, 0.15) is 15.9 Å². The quantitative estimate of drug-likeness (QED) is 0.558. The van der Waals surface area contributed by atoms with Crippen molar-refractivity contribution in [1.82, 2.24) is 14.8 Å². The second kappa shape index (κ2) is 7.51. The van der Waals surface area contributed by atoms with Gasteiger partial charge in [-0.15, -0.1) is 5.10 Å². The third-order valence-corrected chi connectivity index (χ3v) is 4.65. The van der Waals surface area contributed by atoms with Crippen LogP contribution < -0.4 is 5.32 Å². The molecule has 4 aromatic rings. The molecule has 2 aromatic heterocycles. The molecule has 0 aliphatic heterocycles. The molecular weight excluding hydrogens is 363 g/mol. The highest BCUT2D eigenvalue weighted by Crippen LogP contribution is 2.20. The molecule has 0 atom stereocenters. The molecule has 0 fully saturated rings. The van der Waals surface area contributed by atoms with E-state index >= 15 is 0 Å². The highest BCUT2D eigenvalue weighted by Gasteiger charge is 2.19. The molecule has 0 spiro atoms. The minimum absolute atomic E-state index is 0.257. The van der Waals surface area contributed by atoms with Gasteiger partial charge in [0.15, 0.2) is 5.82 Å². The summed E-state index contributed by atoms with van der Waals surface area (Å²) in [7, 11) is 0. The first-order chi connectivity index (χ1) is 13.2. The van der Waals surface area contributed by atoms with Gasteiger partial charge in [0, 0.05) is 17.5 Å². The first-order valence-electron chi connectivity index (χ1n) is 8.28. The second-order valence-electron chi connectivity index (χ2n) is 5.83. The molecule has 0 amide bonds. The van der Waals surface area contributed by atoms with Crippen LogP contribution in [0.4, 0.5) is 10.3 Å². The molecule has 0 bridgehead atoms. The van der Waals surface area contributed by atoms with Crippen LogP contribution in [0.15, 0.2) is 71.4 Å². The molecule has 2 heterocycles. The van der Waals surface area contributed by atoms with Crippen molar-refractivity contribution >= 4 is 23.2 Å². The molecule has 0 saturated carbocycles. The predicted octanol–water partition coefficient (Wildman–Crippen LogP) is 4.45. The van der Waals surface area contributed by atoms with Gasteiger partial charge in [-0.1, -0.05) is 42.5 Å². The van der Waals surface area contributed by atoms with Crippen molar-refractivity contribution in [2.24, 2.45) is 0 Å². The molecule has 4 rings (SSSR count). The van der Waals surface area contributed by atoms with Gasteiger partial charge in [0.25, 0.3) is 5.91 Å². The van der Waals surface area contributed by atoms with Gasteiger partial charge in [-0.2, -0.15) is 21.0 Å². The lowest BCUT2D eigenvalue weighted by Gasteiger charge is -2.06. The van der Waals surface area contributed by atoms with E-state index in [9.17, 15) is 9.18 Å². The summed E-state index contributed by atoms with van der Waals surface area (Å²) < 4.78 is 14.3. The van der Waals surface area contributed by atoms with E-state index < -0.39 is 0 Å². The van der Waals surface area contributed by atoms with Crippen LogP contribution in [-0.4, -0.2) is 20.7 Å². The zero-order chi connectivity index (χ0) is 18.6. The number of benzene rings is 2. The van der Waals surface area contributed by atoms with Crippen LogP contribution in [0, 0.1) is 5.82 Å². The number of thiophene rings is 1. The molecule has 0 unspecified atom stereocenters. The number of nitrogens with zero attached hydrogens (tertiary/aromatic N) is 3. The number of hydrogen-bond donors (Lipinski definition) is 1. The summed E-state index contributed by atoms with van der Waals surface area (Å²) in [5.41, 5.74) is 2.24. The molecule has 0 aliphatic carbocycles. The lowest BCUT2D eigenvalue weighted by molar-refractivity contribution is 0.0948. The summed E-state index contributed by atoms with van der Waals surface area (Å²) in [5.74, 6) is 0.253. The van der Waals surface area contributed by atoms with Gasteiger partial charge in [-0.05, 0) is 29.1 Å². The lowest BCUT2D eigenvalue weighted by Crippen LogP contribution is -2.17. The van der Waals surface area contributed by atoms with Crippen LogP contribution in [0.3, 0.4) is 0 Å². The maximum Gasteiger partial charge on any atom is 0.282 e. The van der Waals surface area contributed by atoms with Crippen molar-refractivity contribution in [2.75, 3.05) is 5.32 Å². The van der Waals surface area contributed by atoms with E-state index in [0.29, 0.717) is 23.9 Å². The zero-order valence-corrected chi connectivity index (χ0v) is 15.0. The Bertz CT molecular complexity index is 1040. The molecular formula is C20H15FN4OS. The largest absolute Gasteiger partial charge is 0.350 e. The lowest BCUT2D eigenvalue weighted by atomic mass is 10.2. The Hall–Kier alpha value is -3.32. The smallest absolute Gasteiger partial charge is 0.282 e. The van der Waals surface area contributed by atoms with Crippen LogP contribution in [-0.2, 0) is 6.54 Å². The van der Waals surface area contributed by atoms with Crippen molar-refractivity contribution in [3.05, 3.63) is 88.4 Å². The zero-order valence-electron chi connectivity index (χ0n) is 14.2. The number of halogens is 1. The second-order valence-corrected chi connectivity index (χ2v) is 6.61. The van der Waals surface area contributed by atoms with Gasteiger partial charge in [-0.25, -0.2) is 4.39 Å². The topological polar surface area (TPSA) is 59.8 Å². The summed E-state index contributed by atoms with van der Waals surface area (Å²) in [6.45, 7) is 0.393. The standard InChI is InChI=1S/C20H15FN4OS/c21-17-8-6-14(7-9-17)12-22-20-23-18(15-4-2-1-3-5-15)24-25(20)19(26)16-10-11-27-13-16/h1-11,13H,12H2,(H,22,23,24). The van der Waals surface area contributed by atoms with Crippen molar-refractivity contribution in [1.29, 1.82) is 0 Å². The van der Waals surface area contributed by atoms with E-state index in [2.05, 4.69) is 15.4 Å². The van der Waals surface area contributed by atoms with Crippen molar-refractivity contribution in [3.63, 3.8) is 0 Å². The molecule has 1 N–H and O–H groups in total. The van der Waals surface area contributed by atoms with Crippen LogP contribution >= 0.6 is 11.3 Å². The Morgan fingerprint density at radius 2 is 1.85 bits per heavy atom. The van der Waals surface area contributed by atoms with Crippen molar-refractivity contribution < 1.29 is 9.18 Å². The third kappa shape index (κ3) is 3.78. The Balaban J connectivity index is 1.66. The minimum atomic E-state index is -0.291. The molecule has 0 aliphatic rings. The molecule has 0 radical (unpaired) electrons. The van der Waals surface area contributed by atoms with E-state index in [1.54, 1.807) is 23.6 Å². The summed E-state index contributed by atoms with van der Waals surface area (Å²) in [5, 5.41) is 11.1. The predicted molar refractivity (Wildman–Crippen MR) is 103 cm³/mol. The van der Waals surface area contributed by atoms with Crippen LogP contribution in [0.5, 0.6) is 0 Å². The third-order valence-electron chi connectivity index (χ3n) is 3.96. The highest BCUT2D eigenvalue weighted by molar-refractivity contribution is 7.08. The normalized spacial score (nSPS) is 10.7. The molecule has 5 nitrogen and oxygen atoms in total. The average molecular weight is 378 g/mol. The SMILES string of the molecule is O=C(c1ccsc1)n1nc(-c2ccccc2)nc1NCc1ccc(F)cc1. The molecule has 2 aromatic carbocycles.